The summed E-state index contributed by atoms with van der Waals surface area (Å²) in [6.07, 6.45) is 6.46. The van der Waals surface area contributed by atoms with Crippen molar-refractivity contribution in [3.8, 4) is 0 Å². The highest BCUT2D eigenvalue weighted by atomic mass is 79.9. The number of amides is 1. The molecule has 5 heteroatoms. The molecule has 0 fully saturated rings. The lowest BCUT2D eigenvalue weighted by atomic mass is 10.2. The van der Waals surface area contributed by atoms with Gasteiger partial charge in [0.1, 0.15) is 5.69 Å². The first kappa shape index (κ1) is 14.8. The van der Waals surface area contributed by atoms with E-state index in [1.54, 1.807) is 17.3 Å². The SMILES string of the molecule is CCCn1cc(Br)cc1C(=O)N(C)Cc1cccnc1. The first-order valence-corrected chi connectivity index (χ1v) is 7.41. The van der Waals surface area contributed by atoms with E-state index >= 15 is 0 Å². The van der Waals surface area contributed by atoms with E-state index in [0.29, 0.717) is 12.2 Å². The van der Waals surface area contributed by atoms with Crippen LogP contribution in [0.4, 0.5) is 0 Å². The van der Waals surface area contributed by atoms with Crippen LogP contribution >= 0.6 is 15.9 Å². The molecule has 20 heavy (non-hydrogen) atoms. The third kappa shape index (κ3) is 3.48. The van der Waals surface area contributed by atoms with Gasteiger partial charge in [0.15, 0.2) is 0 Å². The number of carbonyl (C=O) groups excluding carboxylic acids is 1. The topological polar surface area (TPSA) is 38.1 Å². The number of halogens is 1. The maximum Gasteiger partial charge on any atom is 0.270 e. The monoisotopic (exact) mass is 335 g/mol. The van der Waals surface area contributed by atoms with Crippen molar-refractivity contribution >= 4 is 21.8 Å². The van der Waals surface area contributed by atoms with Crippen molar-refractivity contribution in [3.05, 3.63) is 52.5 Å². The summed E-state index contributed by atoms with van der Waals surface area (Å²) >= 11 is 3.44. The van der Waals surface area contributed by atoms with Gasteiger partial charge in [-0.15, -0.1) is 0 Å². The van der Waals surface area contributed by atoms with Gasteiger partial charge in [0.05, 0.1) is 0 Å². The average molecular weight is 336 g/mol. The number of hydrogen-bond donors (Lipinski definition) is 0. The van der Waals surface area contributed by atoms with E-state index in [2.05, 4.69) is 27.8 Å². The van der Waals surface area contributed by atoms with Crippen molar-refractivity contribution in [1.29, 1.82) is 0 Å². The fourth-order valence-corrected chi connectivity index (χ4v) is 2.58. The zero-order chi connectivity index (χ0) is 14.5. The van der Waals surface area contributed by atoms with Crippen LogP contribution in [0.25, 0.3) is 0 Å². The lowest BCUT2D eigenvalue weighted by molar-refractivity contribution is 0.0774. The predicted molar refractivity (Wildman–Crippen MR) is 82.5 cm³/mol. The number of hydrogen-bond acceptors (Lipinski definition) is 2. The van der Waals surface area contributed by atoms with E-state index in [1.165, 1.54) is 0 Å². The van der Waals surface area contributed by atoms with Gasteiger partial charge in [-0.2, -0.15) is 0 Å². The van der Waals surface area contributed by atoms with E-state index in [0.717, 1.165) is 23.0 Å². The van der Waals surface area contributed by atoms with E-state index < -0.39 is 0 Å². The summed E-state index contributed by atoms with van der Waals surface area (Å²) in [5.74, 6) is 0.0213. The lowest BCUT2D eigenvalue weighted by Crippen LogP contribution is -2.28. The van der Waals surface area contributed by atoms with Gasteiger partial charge in [-0.05, 0) is 40.0 Å². The summed E-state index contributed by atoms with van der Waals surface area (Å²) in [5.41, 5.74) is 1.74. The summed E-state index contributed by atoms with van der Waals surface area (Å²) in [6.45, 7) is 3.50. The minimum absolute atomic E-state index is 0.0213. The maximum absolute atomic E-state index is 12.5. The molecule has 0 aliphatic heterocycles. The zero-order valence-corrected chi connectivity index (χ0v) is 13.3. The molecule has 0 unspecified atom stereocenters. The van der Waals surface area contributed by atoms with Crippen LogP contribution in [0.5, 0.6) is 0 Å². The summed E-state index contributed by atoms with van der Waals surface area (Å²) < 4.78 is 2.93. The average Bonchev–Trinajstić information content (AvgIpc) is 2.80. The van der Waals surface area contributed by atoms with Crippen molar-refractivity contribution in [1.82, 2.24) is 14.5 Å². The van der Waals surface area contributed by atoms with E-state index in [4.69, 9.17) is 0 Å². The number of aryl methyl sites for hydroxylation is 1. The maximum atomic E-state index is 12.5. The van der Waals surface area contributed by atoms with Crippen molar-refractivity contribution in [2.24, 2.45) is 0 Å². The molecular weight excluding hydrogens is 318 g/mol. The second-order valence-corrected chi connectivity index (χ2v) is 5.68. The molecular formula is C15H18BrN3O. The highest BCUT2D eigenvalue weighted by Gasteiger charge is 2.17. The molecule has 0 saturated heterocycles. The van der Waals surface area contributed by atoms with Gasteiger partial charge >= 0.3 is 0 Å². The Morgan fingerprint density at radius 2 is 2.30 bits per heavy atom. The van der Waals surface area contributed by atoms with Gasteiger partial charge in [0.2, 0.25) is 0 Å². The highest BCUT2D eigenvalue weighted by Crippen LogP contribution is 2.17. The first-order chi connectivity index (χ1) is 9.61. The van der Waals surface area contributed by atoms with Crippen LogP contribution in [0.1, 0.15) is 29.4 Å². The Kier molecular flexibility index (Phi) is 4.95. The van der Waals surface area contributed by atoms with Gasteiger partial charge in [-0.1, -0.05) is 13.0 Å². The molecule has 0 aromatic carbocycles. The molecule has 4 nitrogen and oxygen atoms in total. The molecule has 2 heterocycles. The molecule has 1 amide bonds. The van der Waals surface area contributed by atoms with Crippen molar-refractivity contribution < 1.29 is 4.79 Å². The summed E-state index contributed by atoms with van der Waals surface area (Å²) in [6, 6.07) is 5.72. The van der Waals surface area contributed by atoms with Crippen LogP contribution < -0.4 is 0 Å². The number of aromatic nitrogens is 2. The molecule has 106 valence electrons. The van der Waals surface area contributed by atoms with Gasteiger partial charge in [-0.25, -0.2) is 0 Å². The quantitative estimate of drug-likeness (QED) is 0.840. The van der Waals surface area contributed by atoms with Crippen LogP contribution in [-0.2, 0) is 13.1 Å². The Labute approximate surface area is 127 Å². The number of nitrogens with zero attached hydrogens (tertiary/aromatic N) is 3. The van der Waals surface area contributed by atoms with Crippen molar-refractivity contribution in [2.45, 2.75) is 26.4 Å². The summed E-state index contributed by atoms with van der Waals surface area (Å²) in [5, 5.41) is 0. The zero-order valence-electron chi connectivity index (χ0n) is 11.7. The molecule has 0 atom stereocenters. The molecule has 0 aliphatic carbocycles. The molecule has 0 aliphatic rings. The summed E-state index contributed by atoms with van der Waals surface area (Å²) in [4.78, 5) is 18.3. The largest absolute Gasteiger partial charge is 0.342 e. The smallest absolute Gasteiger partial charge is 0.270 e. The Balaban J connectivity index is 2.14. The fourth-order valence-electron chi connectivity index (χ4n) is 2.11. The molecule has 2 aromatic rings. The predicted octanol–water partition coefficient (Wildman–Crippen LogP) is 3.33. The van der Waals surface area contributed by atoms with Gasteiger partial charge in [-0.3, -0.25) is 9.78 Å². The minimum Gasteiger partial charge on any atom is -0.342 e. The Morgan fingerprint density at radius 3 is 2.95 bits per heavy atom. The second kappa shape index (κ2) is 6.70. The van der Waals surface area contributed by atoms with E-state index in [1.807, 2.05) is 36.0 Å². The fraction of sp³-hybridized carbons (Fsp3) is 0.333. The standard InChI is InChI=1S/C15H18BrN3O/c1-3-7-19-11-13(16)8-14(19)15(20)18(2)10-12-5-4-6-17-9-12/h4-6,8-9,11H,3,7,10H2,1-2H3. The van der Waals surface area contributed by atoms with Gasteiger partial charge in [0.25, 0.3) is 5.91 Å². The molecule has 0 radical (unpaired) electrons. The van der Waals surface area contributed by atoms with Crippen LogP contribution in [0.2, 0.25) is 0 Å². The first-order valence-electron chi connectivity index (χ1n) is 6.62. The Hall–Kier alpha value is -1.62. The normalized spacial score (nSPS) is 10.6. The molecule has 0 bridgehead atoms. The molecule has 2 rings (SSSR count). The van der Waals surface area contributed by atoms with Crippen LogP contribution in [0.3, 0.4) is 0 Å². The Bertz CT molecular complexity index is 580. The highest BCUT2D eigenvalue weighted by molar-refractivity contribution is 9.10. The van der Waals surface area contributed by atoms with E-state index in [9.17, 15) is 4.79 Å². The lowest BCUT2D eigenvalue weighted by Gasteiger charge is -2.18. The molecule has 0 spiro atoms. The second-order valence-electron chi connectivity index (χ2n) is 4.76. The molecule has 0 saturated carbocycles. The van der Waals surface area contributed by atoms with Crippen molar-refractivity contribution in [2.75, 3.05) is 7.05 Å². The number of pyridine rings is 1. The molecule has 0 N–H and O–H groups in total. The number of rotatable bonds is 5. The van der Waals surface area contributed by atoms with Gasteiger partial charge < -0.3 is 9.47 Å². The van der Waals surface area contributed by atoms with Crippen LogP contribution in [0.15, 0.2) is 41.3 Å². The third-order valence-corrected chi connectivity index (χ3v) is 3.47. The van der Waals surface area contributed by atoms with Crippen LogP contribution in [0, 0.1) is 0 Å². The minimum atomic E-state index is 0.0213. The third-order valence-electron chi connectivity index (χ3n) is 3.04. The number of carbonyl (C=O) groups is 1. The van der Waals surface area contributed by atoms with E-state index in [-0.39, 0.29) is 5.91 Å². The van der Waals surface area contributed by atoms with Crippen LogP contribution in [-0.4, -0.2) is 27.4 Å². The van der Waals surface area contributed by atoms with Gasteiger partial charge in [0, 0.05) is 43.2 Å². The molecule has 2 aromatic heterocycles. The summed E-state index contributed by atoms with van der Waals surface area (Å²) in [7, 11) is 1.81. The Morgan fingerprint density at radius 1 is 1.50 bits per heavy atom. The van der Waals surface area contributed by atoms with Crippen molar-refractivity contribution in [3.63, 3.8) is 0 Å².